The molecule has 3 amide bonds. The quantitative estimate of drug-likeness (QED) is 0.699. The van der Waals surface area contributed by atoms with Gasteiger partial charge in [-0.2, -0.15) is 0 Å². The number of hydrogen-bond acceptors (Lipinski definition) is 3. The van der Waals surface area contributed by atoms with Crippen LogP contribution in [-0.2, 0) is 9.59 Å². The Kier molecular flexibility index (Phi) is 6.45. The predicted octanol–water partition coefficient (Wildman–Crippen LogP) is 0.796. The van der Waals surface area contributed by atoms with E-state index in [0.29, 0.717) is 32.4 Å². The zero-order valence-corrected chi connectivity index (χ0v) is 12.9. The summed E-state index contributed by atoms with van der Waals surface area (Å²) >= 11 is 0. The number of nitrogens with one attached hydrogen (secondary N) is 2. The summed E-state index contributed by atoms with van der Waals surface area (Å²) in [7, 11) is 0. The van der Waals surface area contributed by atoms with Gasteiger partial charge >= 0.3 is 12.0 Å². The van der Waals surface area contributed by atoms with Crippen LogP contribution in [0.4, 0.5) is 4.79 Å². The third-order valence-electron chi connectivity index (χ3n) is 3.95. The van der Waals surface area contributed by atoms with Crippen molar-refractivity contribution in [2.45, 2.75) is 52.1 Å². The number of carboxylic acids is 1. The van der Waals surface area contributed by atoms with Gasteiger partial charge < -0.3 is 20.6 Å². The molecule has 7 nitrogen and oxygen atoms in total. The van der Waals surface area contributed by atoms with Crippen LogP contribution in [0.15, 0.2) is 0 Å². The highest BCUT2D eigenvalue weighted by molar-refractivity contribution is 5.82. The number of likely N-dealkylation sites (tertiary alicyclic amines) is 1. The van der Waals surface area contributed by atoms with Crippen LogP contribution in [0.25, 0.3) is 0 Å². The summed E-state index contributed by atoms with van der Waals surface area (Å²) in [6, 6.07) is -1.11. The molecule has 0 aromatic heterocycles. The van der Waals surface area contributed by atoms with Crippen molar-refractivity contribution in [1.29, 1.82) is 0 Å². The predicted molar refractivity (Wildman–Crippen MR) is 77.8 cm³/mol. The second kappa shape index (κ2) is 7.85. The van der Waals surface area contributed by atoms with E-state index in [-0.39, 0.29) is 23.9 Å². The Morgan fingerprint density at radius 1 is 1.29 bits per heavy atom. The lowest BCUT2D eigenvalue weighted by molar-refractivity contribution is -0.140. The van der Waals surface area contributed by atoms with Crippen LogP contribution in [-0.4, -0.2) is 53.1 Å². The minimum absolute atomic E-state index is 0.0689. The average molecular weight is 299 g/mol. The minimum Gasteiger partial charge on any atom is -0.480 e. The topological polar surface area (TPSA) is 98.7 Å². The van der Waals surface area contributed by atoms with E-state index in [9.17, 15) is 19.5 Å². The molecule has 0 bridgehead atoms. The zero-order chi connectivity index (χ0) is 16.0. The maximum atomic E-state index is 12.1. The van der Waals surface area contributed by atoms with Gasteiger partial charge in [0, 0.05) is 26.1 Å². The lowest BCUT2D eigenvalue weighted by atomic mass is 9.99. The first-order valence-electron chi connectivity index (χ1n) is 7.40. The van der Waals surface area contributed by atoms with Crippen LogP contribution in [0.1, 0.15) is 40.0 Å². The molecule has 7 heteroatoms. The van der Waals surface area contributed by atoms with Crippen molar-refractivity contribution >= 4 is 17.9 Å². The van der Waals surface area contributed by atoms with E-state index in [1.165, 1.54) is 6.92 Å². The van der Waals surface area contributed by atoms with Crippen LogP contribution in [0.5, 0.6) is 0 Å². The fourth-order valence-electron chi connectivity index (χ4n) is 2.42. The van der Waals surface area contributed by atoms with Gasteiger partial charge in [-0.3, -0.25) is 4.79 Å². The van der Waals surface area contributed by atoms with Crippen LogP contribution >= 0.6 is 0 Å². The van der Waals surface area contributed by atoms with Crippen molar-refractivity contribution in [3.63, 3.8) is 0 Å². The van der Waals surface area contributed by atoms with Gasteiger partial charge in [0.1, 0.15) is 6.04 Å². The Balaban J connectivity index is 2.49. The Bertz CT molecular complexity index is 392. The highest BCUT2D eigenvalue weighted by atomic mass is 16.4. The molecule has 0 spiro atoms. The molecule has 0 radical (unpaired) electrons. The summed E-state index contributed by atoms with van der Waals surface area (Å²) < 4.78 is 0. The number of aliphatic carboxylic acids is 1. The fraction of sp³-hybridized carbons (Fsp3) is 0.786. The standard InChI is InChI=1S/C14H25N3O4/c1-4-9(2)12(13(19)20)16-14(21)17-7-5-11(6-8-17)15-10(3)18/h9,11-12H,4-8H2,1-3H3,(H,15,18)(H,16,21)(H,19,20)/t9-,12-/m0/s1. The molecule has 1 aliphatic rings. The van der Waals surface area contributed by atoms with Crippen LogP contribution in [0.3, 0.4) is 0 Å². The van der Waals surface area contributed by atoms with Crippen LogP contribution in [0, 0.1) is 5.92 Å². The van der Waals surface area contributed by atoms with E-state index in [1.807, 2.05) is 13.8 Å². The van der Waals surface area contributed by atoms with Gasteiger partial charge in [-0.25, -0.2) is 9.59 Å². The Hall–Kier alpha value is -1.79. The second-order valence-corrected chi connectivity index (χ2v) is 5.61. The number of carboxylic acid groups (broad SMARTS) is 1. The number of hydrogen-bond donors (Lipinski definition) is 3. The number of piperidine rings is 1. The summed E-state index contributed by atoms with van der Waals surface area (Å²) in [6.07, 6.45) is 2.06. The molecule has 2 atom stereocenters. The van der Waals surface area contributed by atoms with Gasteiger partial charge in [-0.1, -0.05) is 20.3 Å². The third-order valence-corrected chi connectivity index (χ3v) is 3.95. The van der Waals surface area contributed by atoms with Crippen molar-refractivity contribution in [1.82, 2.24) is 15.5 Å². The van der Waals surface area contributed by atoms with E-state index < -0.39 is 12.0 Å². The van der Waals surface area contributed by atoms with Gasteiger partial charge in [0.2, 0.25) is 5.91 Å². The molecule has 0 saturated carbocycles. The average Bonchev–Trinajstić information content (AvgIpc) is 2.43. The van der Waals surface area contributed by atoms with Crippen molar-refractivity contribution in [2.24, 2.45) is 5.92 Å². The van der Waals surface area contributed by atoms with Crippen LogP contribution in [0.2, 0.25) is 0 Å². The van der Waals surface area contributed by atoms with E-state index in [2.05, 4.69) is 10.6 Å². The highest BCUT2D eigenvalue weighted by Crippen LogP contribution is 2.12. The van der Waals surface area contributed by atoms with E-state index >= 15 is 0 Å². The number of urea groups is 1. The molecule has 0 unspecified atom stereocenters. The lowest BCUT2D eigenvalue weighted by Gasteiger charge is -2.33. The first-order valence-corrected chi connectivity index (χ1v) is 7.40. The number of carbonyl (C=O) groups is 3. The molecule has 1 rings (SSSR count). The van der Waals surface area contributed by atoms with Crippen molar-refractivity contribution in [3.8, 4) is 0 Å². The smallest absolute Gasteiger partial charge is 0.326 e. The zero-order valence-electron chi connectivity index (χ0n) is 12.9. The van der Waals surface area contributed by atoms with Gasteiger partial charge in [0.25, 0.3) is 0 Å². The normalized spacial score (nSPS) is 18.7. The maximum Gasteiger partial charge on any atom is 0.326 e. The van der Waals surface area contributed by atoms with Crippen molar-refractivity contribution < 1.29 is 19.5 Å². The van der Waals surface area contributed by atoms with Crippen molar-refractivity contribution in [2.75, 3.05) is 13.1 Å². The maximum absolute atomic E-state index is 12.1. The summed E-state index contributed by atoms with van der Waals surface area (Å²) in [4.78, 5) is 35.9. The monoisotopic (exact) mass is 299 g/mol. The lowest BCUT2D eigenvalue weighted by Crippen LogP contribution is -2.54. The summed E-state index contributed by atoms with van der Waals surface area (Å²) in [5.74, 6) is -1.20. The molecule has 1 aliphatic heterocycles. The molecule has 0 aromatic rings. The first-order chi connectivity index (χ1) is 9.85. The summed E-state index contributed by atoms with van der Waals surface area (Å²) in [6.45, 7) is 6.21. The van der Waals surface area contributed by atoms with Gasteiger partial charge in [-0.05, 0) is 18.8 Å². The third kappa shape index (κ3) is 5.24. The molecular weight excluding hydrogens is 274 g/mol. The SMILES string of the molecule is CC[C@H](C)[C@H](NC(=O)N1CCC(NC(C)=O)CC1)C(=O)O. The fourth-order valence-corrected chi connectivity index (χ4v) is 2.42. The minimum atomic E-state index is -1.01. The molecule has 3 N–H and O–H groups in total. The summed E-state index contributed by atoms with van der Waals surface area (Å²) in [5, 5.41) is 14.6. The number of rotatable bonds is 5. The number of nitrogens with zero attached hydrogens (tertiary/aromatic N) is 1. The second-order valence-electron chi connectivity index (χ2n) is 5.61. The van der Waals surface area contributed by atoms with Gasteiger partial charge in [0.15, 0.2) is 0 Å². The van der Waals surface area contributed by atoms with Gasteiger partial charge in [0.05, 0.1) is 0 Å². The molecule has 1 saturated heterocycles. The van der Waals surface area contributed by atoms with E-state index in [0.717, 1.165) is 0 Å². The highest BCUT2D eigenvalue weighted by Gasteiger charge is 2.29. The largest absolute Gasteiger partial charge is 0.480 e. The van der Waals surface area contributed by atoms with E-state index in [4.69, 9.17) is 0 Å². The number of carbonyl (C=O) groups excluding carboxylic acids is 2. The Labute approximate surface area is 125 Å². The molecule has 21 heavy (non-hydrogen) atoms. The van der Waals surface area contributed by atoms with Crippen molar-refractivity contribution in [3.05, 3.63) is 0 Å². The van der Waals surface area contributed by atoms with E-state index in [1.54, 1.807) is 4.90 Å². The number of amides is 3. The molecule has 120 valence electrons. The van der Waals surface area contributed by atoms with Crippen LogP contribution < -0.4 is 10.6 Å². The molecule has 0 aromatic carbocycles. The van der Waals surface area contributed by atoms with Gasteiger partial charge in [-0.15, -0.1) is 0 Å². The molecule has 0 aliphatic carbocycles. The first kappa shape index (κ1) is 17.3. The Morgan fingerprint density at radius 3 is 2.29 bits per heavy atom. The molecule has 1 heterocycles. The molecular formula is C14H25N3O4. The molecule has 1 fully saturated rings. The Morgan fingerprint density at radius 2 is 1.86 bits per heavy atom. The summed E-state index contributed by atoms with van der Waals surface area (Å²) in [5.41, 5.74) is 0.